The minimum Gasteiger partial charge on any atom is -0.379 e. The van der Waals surface area contributed by atoms with E-state index in [1.54, 1.807) is 0 Å². The van der Waals surface area contributed by atoms with Crippen molar-refractivity contribution >= 4 is 15.9 Å². The summed E-state index contributed by atoms with van der Waals surface area (Å²) in [5.74, 6) is 0.916. The van der Waals surface area contributed by atoms with Crippen molar-refractivity contribution in [1.29, 1.82) is 0 Å². The van der Waals surface area contributed by atoms with Crippen LogP contribution in [0.15, 0.2) is 0 Å². The molecule has 2 saturated heterocycles. The molecule has 0 radical (unpaired) electrons. The van der Waals surface area contributed by atoms with Gasteiger partial charge in [0.25, 0.3) is 0 Å². The number of rotatable bonds is 4. The van der Waals surface area contributed by atoms with Gasteiger partial charge in [0.2, 0.25) is 0 Å². The van der Waals surface area contributed by atoms with E-state index in [0.717, 1.165) is 32.2 Å². The maximum absolute atomic E-state index is 5.36. The Morgan fingerprint density at radius 2 is 1.50 bits per heavy atom. The maximum Gasteiger partial charge on any atom is 0.0594 e. The summed E-state index contributed by atoms with van der Waals surface area (Å²) in [5, 5.41) is 1.18. The standard InChI is InChI=1S/C12H23BrN2O/c13-11-12-1-3-14(4-2-12)5-6-15-7-9-16-10-8-15/h12H,1-11H2. The fraction of sp³-hybridized carbons (Fsp3) is 1.00. The fourth-order valence-corrected chi connectivity index (χ4v) is 3.12. The molecule has 0 unspecified atom stereocenters. The lowest BCUT2D eigenvalue weighted by molar-refractivity contribution is 0.0317. The Balaban J connectivity index is 1.59. The van der Waals surface area contributed by atoms with Crippen LogP contribution in [0.25, 0.3) is 0 Å². The molecule has 0 bridgehead atoms. The van der Waals surface area contributed by atoms with Crippen molar-refractivity contribution in [2.45, 2.75) is 12.8 Å². The highest BCUT2D eigenvalue weighted by Crippen LogP contribution is 2.18. The molecule has 2 aliphatic heterocycles. The van der Waals surface area contributed by atoms with Crippen LogP contribution in [0.3, 0.4) is 0 Å². The summed E-state index contributed by atoms with van der Waals surface area (Å²) in [4.78, 5) is 5.15. The van der Waals surface area contributed by atoms with Crippen molar-refractivity contribution in [3.8, 4) is 0 Å². The molecule has 0 amide bonds. The van der Waals surface area contributed by atoms with Gasteiger partial charge in [-0.3, -0.25) is 4.90 Å². The Bertz CT molecular complexity index is 189. The number of alkyl halides is 1. The molecule has 3 nitrogen and oxygen atoms in total. The molecule has 0 aromatic carbocycles. The smallest absolute Gasteiger partial charge is 0.0594 e. The molecular formula is C12H23BrN2O. The Labute approximate surface area is 107 Å². The van der Waals surface area contributed by atoms with Crippen LogP contribution < -0.4 is 0 Å². The van der Waals surface area contributed by atoms with Crippen molar-refractivity contribution in [3.63, 3.8) is 0 Å². The highest BCUT2D eigenvalue weighted by atomic mass is 79.9. The van der Waals surface area contributed by atoms with Crippen molar-refractivity contribution < 1.29 is 4.74 Å². The summed E-state index contributed by atoms with van der Waals surface area (Å²) in [6.07, 6.45) is 2.74. The van der Waals surface area contributed by atoms with Crippen LogP contribution in [0.5, 0.6) is 0 Å². The topological polar surface area (TPSA) is 15.7 Å². The van der Waals surface area contributed by atoms with Gasteiger partial charge < -0.3 is 9.64 Å². The van der Waals surface area contributed by atoms with Crippen molar-refractivity contribution in [2.75, 3.05) is 57.8 Å². The molecular weight excluding hydrogens is 268 g/mol. The van der Waals surface area contributed by atoms with E-state index in [-0.39, 0.29) is 0 Å². The first kappa shape index (κ1) is 12.8. The molecule has 0 aliphatic carbocycles. The minimum absolute atomic E-state index is 0.916. The number of hydrogen-bond donors (Lipinski definition) is 0. The highest BCUT2D eigenvalue weighted by molar-refractivity contribution is 9.09. The summed E-state index contributed by atoms with van der Waals surface area (Å²) in [6, 6.07) is 0. The maximum atomic E-state index is 5.36. The number of nitrogens with zero attached hydrogens (tertiary/aromatic N) is 2. The van der Waals surface area contributed by atoms with Crippen LogP contribution in [-0.4, -0.2) is 67.6 Å². The molecule has 2 rings (SSSR count). The molecule has 2 fully saturated rings. The van der Waals surface area contributed by atoms with Gasteiger partial charge in [-0.25, -0.2) is 0 Å². The Kier molecular flexibility index (Phi) is 5.56. The van der Waals surface area contributed by atoms with E-state index in [0.29, 0.717) is 0 Å². The zero-order chi connectivity index (χ0) is 11.2. The Morgan fingerprint density at radius 1 is 0.938 bits per heavy atom. The third-order valence-electron chi connectivity index (χ3n) is 3.76. The van der Waals surface area contributed by atoms with Gasteiger partial charge in [0.15, 0.2) is 0 Å². The quantitative estimate of drug-likeness (QED) is 0.729. The van der Waals surface area contributed by atoms with Gasteiger partial charge in [-0.1, -0.05) is 15.9 Å². The van der Waals surface area contributed by atoms with Gasteiger partial charge in [0.05, 0.1) is 13.2 Å². The van der Waals surface area contributed by atoms with E-state index in [9.17, 15) is 0 Å². The van der Waals surface area contributed by atoms with Gasteiger partial charge in [0.1, 0.15) is 0 Å². The summed E-state index contributed by atoms with van der Waals surface area (Å²) in [7, 11) is 0. The molecule has 4 heteroatoms. The monoisotopic (exact) mass is 290 g/mol. The first-order chi connectivity index (χ1) is 7.88. The second-order valence-electron chi connectivity index (χ2n) is 4.89. The first-order valence-corrected chi connectivity index (χ1v) is 7.59. The molecule has 0 aromatic rings. The third-order valence-corrected chi connectivity index (χ3v) is 4.68. The lowest BCUT2D eigenvalue weighted by Gasteiger charge is -2.34. The zero-order valence-corrected chi connectivity index (χ0v) is 11.6. The van der Waals surface area contributed by atoms with Crippen LogP contribution in [0.2, 0.25) is 0 Å². The number of hydrogen-bond acceptors (Lipinski definition) is 3. The van der Waals surface area contributed by atoms with Crippen LogP contribution in [-0.2, 0) is 4.74 Å². The molecule has 0 atom stereocenters. The van der Waals surface area contributed by atoms with Gasteiger partial charge in [-0.05, 0) is 31.8 Å². The number of piperidine rings is 1. The molecule has 94 valence electrons. The zero-order valence-electron chi connectivity index (χ0n) is 10.0. The second kappa shape index (κ2) is 6.94. The lowest BCUT2D eigenvalue weighted by Crippen LogP contribution is -2.43. The van der Waals surface area contributed by atoms with Gasteiger partial charge in [0, 0.05) is 31.5 Å². The SMILES string of the molecule is BrCC1CCN(CCN2CCOCC2)CC1. The van der Waals surface area contributed by atoms with Crippen LogP contribution in [0.4, 0.5) is 0 Å². The summed E-state index contributed by atoms with van der Waals surface area (Å²) < 4.78 is 5.36. The number of likely N-dealkylation sites (tertiary alicyclic amines) is 1. The molecule has 0 spiro atoms. The van der Waals surface area contributed by atoms with E-state index in [1.807, 2.05) is 0 Å². The first-order valence-electron chi connectivity index (χ1n) is 6.47. The van der Waals surface area contributed by atoms with Gasteiger partial charge in [-0.15, -0.1) is 0 Å². The van der Waals surface area contributed by atoms with Gasteiger partial charge in [-0.2, -0.15) is 0 Å². The number of ether oxygens (including phenoxy) is 1. The second-order valence-corrected chi connectivity index (χ2v) is 5.54. The lowest BCUT2D eigenvalue weighted by atomic mass is 9.99. The minimum atomic E-state index is 0.916. The van der Waals surface area contributed by atoms with E-state index in [1.165, 1.54) is 44.4 Å². The normalized spacial score (nSPS) is 26.1. The van der Waals surface area contributed by atoms with Crippen molar-refractivity contribution in [2.24, 2.45) is 5.92 Å². The van der Waals surface area contributed by atoms with Crippen LogP contribution >= 0.6 is 15.9 Å². The van der Waals surface area contributed by atoms with E-state index in [2.05, 4.69) is 25.7 Å². The van der Waals surface area contributed by atoms with Crippen LogP contribution in [0, 0.1) is 5.92 Å². The Morgan fingerprint density at radius 3 is 2.06 bits per heavy atom. The molecule has 16 heavy (non-hydrogen) atoms. The Hall–Kier alpha value is 0.360. The van der Waals surface area contributed by atoms with E-state index < -0.39 is 0 Å². The number of morpholine rings is 1. The number of halogens is 1. The summed E-state index contributed by atoms with van der Waals surface area (Å²) in [6.45, 7) is 9.14. The average Bonchev–Trinajstić information content (AvgIpc) is 2.38. The summed E-state index contributed by atoms with van der Waals surface area (Å²) >= 11 is 3.59. The largest absolute Gasteiger partial charge is 0.379 e. The van der Waals surface area contributed by atoms with E-state index >= 15 is 0 Å². The fourth-order valence-electron chi connectivity index (χ4n) is 2.47. The van der Waals surface area contributed by atoms with Crippen molar-refractivity contribution in [3.05, 3.63) is 0 Å². The molecule has 2 aliphatic rings. The highest BCUT2D eigenvalue weighted by Gasteiger charge is 2.19. The predicted octanol–water partition coefficient (Wildman–Crippen LogP) is 1.43. The molecule has 0 aromatic heterocycles. The predicted molar refractivity (Wildman–Crippen MR) is 70.2 cm³/mol. The van der Waals surface area contributed by atoms with Crippen LogP contribution in [0.1, 0.15) is 12.8 Å². The molecule has 0 saturated carbocycles. The van der Waals surface area contributed by atoms with Crippen molar-refractivity contribution in [1.82, 2.24) is 9.80 Å². The average molecular weight is 291 g/mol. The van der Waals surface area contributed by atoms with E-state index in [4.69, 9.17) is 4.74 Å². The third kappa shape index (κ3) is 3.99. The molecule has 2 heterocycles. The summed E-state index contributed by atoms with van der Waals surface area (Å²) in [5.41, 5.74) is 0. The molecule has 0 N–H and O–H groups in total. The van der Waals surface area contributed by atoms with Gasteiger partial charge >= 0.3 is 0 Å².